The van der Waals surface area contributed by atoms with Gasteiger partial charge in [0.05, 0.1) is 17.1 Å². The summed E-state index contributed by atoms with van der Waals surface area (Å²) in [6.07, 6.45) is 0.653. The normalized spacial score (nSPS) is 19.0. The van der Waals surface area contributed by atoms with E-state index in [0.717, 1.165) is 22.2 Å². The zero-order valence-electron chi connectivity index (χ0n) is 13.1. The number of para-hydroxylation sites is 2. The van der Waals surface area contributed by atoms with Crippen molar-refractivity contribution in [1.82, 2.24) is 9.55 Å². The molecule has 118 valence electrons. The van der Waals surface area contributed by atoms with Crippen LogP contribution >= 0.6 is 0 Å². The second-order valence-corrected chi connectivity index (χ2v) is 6.01. The van der Waals surface area contributed by atoms with Gasteiger partial charge in [-0.1, -0.05) is 41.5 Å². The summed E-state index contributed by atoms with van der Waals surface area (Å²) in [5.41, 5.74) is 12.9. The number of azide groups is 1. The van der Waals surface area contributed by atoms with Gasteiger partial charge in [-0.15, -0.1) is 0 Å². The van der Waals surface area contributed by atoms with Crippen LogP contribution in [0.2, 0.25) is 0 Å². The van der Waals surface area contributed by atoms with Crippen molar-refractivity contribution in [2.45, 2.75) is 18.4 Å². The molecule has 0 unspecified atom stereocenters. The smallest absolute Gasteiger partial charge is 0.272 e. The molecule has 6 heteroatoms. The lowest BCUT2D eigenvalue weighted by atomic mass is 9.97. The third-order valence-electron chi connectivity index (χ3n) is 4.73. The molecule has 1 aliphatic carbocycles. The Morgan fingerprint density at radius 1 is 1.21 bits per heavy atom. The Labute approximate surface area is 138 Å². The van der Waals surface area contributed by atoms with Crippen LogP contribution < -0.4 is 5.56 Å². The third kappa shape index (κ3) is 2.08. The topological polar surface area (TPSA) is 83.7 Å². The minimum absolute atomic E-state index is 0.135. The molecule has 4 rings (SSSR count). The van der Waals surface area contributed by atoms with Gasteiger partial charge in [0.2, 0.25) is 0 Å². The van der Waals surface area contributed by atoms with E-state index in [9.17, 15) is 4.79 Å². The fourth-order valence-corrected chi connectivity index (χ4v) is 3.56. The van der Waals surface area contributed by atoms with Crippen LogP contribution in [-0.2, 0) is 13.5 Å². The van der Waals surface area contributed by atoms with Crippen LogP contribution in [-0.4, -0.2) is 9.55 Å². The maximum atomic E-state index is 12.8. The first kappa shape index (κ1) is 14.5. The molecule has 2 aromatic carbocycles. The van der Waals surface area contributed by atoms with Crippen molar-refractivity contribution in [3.8, 4) is 0 Å². The maximum absolute atomic E-state index is 12.8. The molecule has 0 radical (unpaired) electrons. The molecule has 0 saturated heterocycles. The largest absolute Gasteiger partial charge is 0.308 e. The third-order valence-corrected chi connectivity index (χ3v) is 4.73. The minimum Gasteiger partial charge on any atom is -0.308 e. The van der Waals surface area contributed by atoms with Crippen molar-refractivity contribution in [1.29, 1.82) is 0 Å². The number of nitrogens with zero attached hydrogens (tertiary/aromatic N) is 5. The lowest BCUT2D eigenvalue weighted by Crippen LogP contribution is -2.26. The lowest BCUT2D eigenvalue weighted by molar-refractivity contribution is 0.574. The van der Waals surface area contributed by atoms with E-state index < -0.39 is 6.04 Å². The summed E-state index contributed by atoms with van der Waals surface area (Å²) in [5, 5.41) is 3.97. The van der Waals surface area contributed by atoms with E-state index in [1.165, 1.54) is 0 Å². The predicted octanol–water partition coefficient (Wildman–Crippen LogP) is 3.62. The Morgan fingerprint density at radius 3 is 2.79 bits per heavy atom. The number of fused-ring (bicyclic) bond motifs is 2. The Balaban J connectivity index is 1.93. The highest BCUT2D eigenvalue weighted by molar-refractivity contribution is 5.74. The molecule has 1 aromatic heterocycles. The number of aromatic nitrogens is 2. The molecule has 0 amide bonds. The average molecular weight is 317 g/mol. The second-order valence-electron chi connectivity index (χ2n) is 6.01. The second kappa shape index (κ2) is 5.51. The maximum Gasteiger partial charge on any atom is 0.272 e. The molecule has 0 bridgehead atoms. The highest BCUT2D eigenvalue weighted by atomic mass is 16.1. The molecular weight excluding hydrogens is 302 g/mol. The molecule has 0 spiro atoms. The summed E-state index contributed by atoms with van der Waals surface area (Å²) >= 11 is 0. The molecule has 0 fully saturated rings. The lowest BCUT2D eigenvalue weighted by Gasteiger charge is -2.16. The van der Waals surface area contributed by atoms with Gasteiger partial charge in [0.25, 0.3) is 5.56 Å². The standard InChI is InChI=1S/C18H15N5O/c1-23-15-9-5-4-8-14(15)20-17(18(23)24)13-10-11-6-2-3-7-12(11)16(13)21-22-19/h2-9,13,16H,10H2,1H3/t13-,16-/m0/s1. The van der Waals surface area contributed by atoms with Gasteiger partial charge in [0.1, 0.15) is 5.69 Å². The summed E-state index contributed by atoms with van der Waals surface area (Å²) < 4.78 is 1.62. The van der Waals surface area contributed by atoms with Crippen molar-refractivity contribution in [2.75, 3.05) is 0 Å². The monoisotopic (exact) mass is 317 g/mol. The molecule has 1 heterocycles. The molecule has 1 aliphatic rings. The van der Waals surface area contributed by atoms with Gasteiger partial charge in [0, 0.05) is 17.9 Å². The van der Waals surface area contributed by atoms with Crippen LogP contribution in [0.1, 0.15) is 28.8 Å². The van der Waals surface area contributed by atoms with Gasteiger partial charge in [-0.05, 0) is 35.2 Å². The van der Waals surface area contributed by atoms with Crippen molar-refractivity contribution in [2.24, 2.45) is 12.2 Å². The van der Waals surface area contributed by atoms with Crippen LogP contribution in [0.15, 0.2) is 58.4 Å². The molecule has 0 saturated carbocycles. The highest BCUT2D eigenvalue weighted by Gasteiger charge is 2.35. The zero-order chi connectivity index (χ0) is 16.7. The van der Waals surface area contributed by atoms with Gasteiger partial charge < -0.3 is 4.57 Å². The minimum atomic E-state index is -0.396. The van der Waals surface area contributed by atoms with Crippen molar-refractivity contribution >= 4 is 11.0 Å². The van der Waals surface area contributed by atoms with Crippen LogP contribution in [0.4, 0.5) is 0 Å². The zero-order valence-corrected chi connectivity index (χ0v) is 13.1. The summed E-state index contributed by atoms with van der Waals surface area (Å²) in [4.78, 5) is 20.4. The number of benzene rings is 2. The van der Waals surface area contributed by atoms with E-state index in [1.54, 1.807) is 11.6 Å². The first-order chi connectivity index (χ1) is 11.7. The van der Waals surface area contributed by atoms with Gasteiger partial charge >= 0.3 is 0 Å². The summed E-state index contributed by atoms with van der Waals surface area (Å²) in [6.45, 7) is 0. The van der Waals surface area contributed by atoms with Crippen LogP contribution in [0.25, 0.3) is 21.5 Å². The van der Waals surface area contributed by atoms with Gasteiger partial charge in [-0.2, -0.15) is 0 Å². The van der Waals surface area contributed by atoms with Crippen LogP contribution in [0.5, 0.6) is 0 Å². The number of aryl methyl sites for hydroxylation is 1. The Kier molecular flexibility index (Phi) is 3.32. The van der Waals surface area contributed by atoms with E-state index in [1.807, 2.05) is 48.5 Å². The van der Waals surface area contributed by atoms with Crippen LogP contribution in [0, 0.1) is 0 Å². The molecular formula is C18H15N5O. The van der Waals surface area contributed by atoms with Gasteiger partial charge in [0.15, 0.2) is 0 Å². The van der Waals surface area contributed by atoms with Crippen molar-refractivity contribution < 1.29 is 0 Å². The Morgan fingerprint density at radius 2 is 1.96 bits per heavy atom. The molecule has 6 nitrogen and oxygen atoms in total. The quantitative estimate of drug-likeness (QED) is 0.411. The molecule has 0 aliphatic heterocycles. The molecule has 0 N–H and O–H groups in total. The van der Waals surface area contributed by atoms with Crippen LogP contribution in [0.3, 0.4) is 0 Å². The van der Waals surface area contributed by atoms with E-state index >= 15 is 0 Å². The highest BCUT2D eigenvalue weighted by Crippen LogP contribution is 2.43. The molecule has 3 aromatic rings. The van der Waals surface area contributed by atoms with Gasteiger partial charge in [-0.25, -0.2) is 4.98 Å². The fraction of sp³-hybridized carbons (Fsp3) is 0.222. The SMILES string of the molecule is Cn1c(=O)c([C@H]2Cc3ccccc3[C@@H]2N=[N+]=[N-])nc2ccccc21. The number of rotatable bonds is 2. The Hall–Kier alpha value is -3.11. The fourth-order valence-electron chi connectivity index (χ4n) is 3.56. The summed E-state index contributed by atoms with van der Waals surface area (Å²) in [5.74, 6) is -0.235. The van der Waals surface area contributed by atoms with Crippen molar-refractivity contribution in [3.63, 3.8) is 0 Å². The molecule has 24 heavy (non-hydrogen) atoms. The van der Waals surface area contributed by atoms with E-state index in [-0.39, 0.29) is 11.5 Å². The van der Waals surface area contributed by atoms with E-state index in [4.69, 9.17) is 5.53 Å². The van der Waals surface area contributed by atoms with Crippen molar-refractivity contribution in [3.05, 3.63) is 86.1 Å². The van der Waals surface area contributed by atoms with E-state index in [2.05, 4.69) is 15.0 Å². The predicted molar refractivity (Wildman–Crippen MR) is 91.8 cm³/mol. The van der Waals surface area contributed by atoms with Gasteiger partial charge in [-0.3, -0.25) is 4.79 Å². The molecule has 2 atom stereocenters. The Bertz CT molecular complexity index is 1050. The first-order valence-corrected chi connectivity index (χ1v) is 7.78. The van der Waals surface area contributed by atoms with E-state index in [0.29, 0.717) is 12.1 Å². The average Bonchev–Trinajstić information content (AvgIpc) is 2.97. The first-order valence-electron chi connectivity index (χ1n) is 7.78. The number of hydrogen-bond donors (Lipinski definition) is 0. The number of hydrogen-bond acceptors (Lipinski definition) is 3. The summed E-state index contributed by atoms with van der Waals surface area (Å²) in [7, 11) is 1.75. The summed E-state index contributed by atoms with van der Waals surface area (Å²) in [6, 6.07) is 15.0.